The summed E-state index contributed by atoms with van der Waals surface area (Å²) in [4.78, 5) is 4.00. The van der Waals surface area contributed by atoms with E-state index in [0.29, 0.717) is 17.9 Å². The van der Waals surface area contributed by atoms with Crippen LogP contribution in [0.4, 0.5) is 5.69 Å². The van der Waals surface area contributed by atoms with Crippen LogP contribution in [-0.2, 0) is 26.9 Å². The lowest BCUT2D eigenvalue weighted by molar-refractivity contribution is 0.333. The van der Waals surface area contributed by atoms with Crippen LogP contribution in [0.2, 0.25) is 6.82 Å². The maximum absolute atomic E-state index is 12.6. The van der Waals surface area contributed by atoms with Gasteiger partial charge in [-0.05, 0) is 35.1 Å². The number of sulfone groups is 1. The first-order valence-corrected chi connectivity index (χ1v) is 8.70. The third-order valence-electron chi connectivity index (χ3n) is 3.84. The van der Waals surface area contributed by atoms with Gasteiger partial charge in [-0.3, -0.25) is 0 Å². The summed E-state index contributed by atoms with van der Waals surface area (Å²) in [5.41, 5.74) is 9.58. The molecule has 0 aliphatic carbocycles. The zero-order valence-electron chi connectivity index (χ0n) is 12.5. The Morgan fingerprint density at radius 1 is 1.36 bits per heavy atom. The van der Waals surface area contributed by atoms with E-state index in [1.165, 1.54) is 6.20 Å². The van der Waals surface area contributed by atoms with Crippen LogP contribution in [0.25, 0.3) is 0 Å². The highest BCUT2D eigenvalue weighted by Crippen LogP contribution is 2.20. The maximum atomic E-state index is 12.6. The van der Waals surface area contributed by atoms with Gasteiger partial charge in [0.05, 0.1) is 24.2 Å². The van der Waals surface area contributed by atoms with E-state index < -0.39 is 9.84 Å². The van der Waals surface area contributed by atoms with Crippen LogP contribution >= 0.6 is 0 Å². The molecule has 5 nitrogen and oxygen atoms in total. The van der Waals surface area contributed by atoms with Crippen molar-refractivity contribution in [2.45, 2.75) is 31.1 Å². The Morgan fingerprint density at radius 2 is 2.14 bits per heavy atom. The molecule has 1 aromatic heterocycles. The number of nitrogens with zero attached hydrogens (tertiary/aromatic N) is 1. The molecule has 1 aromatic carbocycles. The lowest BCUT2D eigenvalue weighted by Gasteiger charge is -2.09. The van der Waals surface area contributed by atoms with Crippen molar-refractivity contribution in [3.05, 3.63) is 47.2 Å². The number of hydrogen-bond acceptors (Lipinski definition) is 5. The molecule has 0 saturated carbocycles. The van der Waals surface area contributed by atoms with E-state index in [-0.39, 0.29) is 17.7 Å². The van der Waals surface area contributed by atoms with Crippen LogP contribution in [-0.4, -0.2) is 20.3 Å². The Hall–Kier alpha value is -1.86. The summed E-state index contributed by atoms with van der Waals surface area (Å²) in [7, 11) is -3.50. The summed E-state index contributed by atoms with van der Waals surface area (Å²) in [6, 6.07) is 7.31. The molecule has 0 unspecified atom stereocenters. The second kappa shape index (κ2) is 5.41. The normalized spacial score (nSPS) is 14.2. The maximum Gasteiger partial charge on any atom is 0.324 e. The standard InChI is InChI=1S/C15H17BN2O3S/c1-10-5-13(17)7-18-15(10)22(19,20)9-11-3-4-12-8-21-16(2)14(12)6-11/h3-7H,8-9,17H2,1-2H3. The Morgan fingerprint density at radius 3 is 2.86 bits per heavy atom. The molecule has 0 radical (unpaired) electrons. The molecule has 0 saturated heterocycles. The number of anilines is 1. The van der Waals surface area contributed by atoms with Crippen molar-refractivity contribution < 1.29 is 13.1 Å². The van der Waals surface area contributed by atoms with Gasteiger partial charge in [-0.25, -0.2) is 13.4 Å². The molecule has 0 spiro atoms. The van der Waals surface area contributed by atoms with Crippen LogP contribution in [0, 0.1) is 6.92 Å². The number of aryl methyl sites for hydroxylation is 1. The number of fused-ring (bicyclic) bond motifs is 1. The van der Waals surface area contributed by atoms with Gasteiger partial charge >= 0.3 is 6.92 Å². The number of nitrogen functional groups attached to an aromatic ring is 1. The number of pyridine rings is 1. The number of aromatic nitrogens is 1. The minimum absolute atomic E-state index is 0.00837. The number of rotatable bonds is 3. The van der Waals surface area contributed by atoms with E-state index in [0.717, 1.165) is 16.6 Å². The van der Waals surface area contributed by atoms with Gasteiger partial charge in [-0.2, -0.15) is 0 Å². The molecule has 0 bridgehead atoms. The van der Waals surface area contributed by atoms with Crippen LogP contribution in [0.1, 0.15) is 16.7 Å². The molecule has 1 aliphatic rings. The van der Waals surface area contributed by atoms with Gasteiger partial charge in [-0.15, -0.1) is 0 Å². The first-order valence-electron chi connectivity index (χ1n) is 7.05. The number of nitrogens with two attached hydrogens (primary N) is 1. The minimum Gasteiger partial charge on any atom is -0.427 e. The fourth-order valence-electron chi connectivity index (χ4n) is 2.75. The fourth-order valence-corrected chi connectivity index (χ4v) is 4.26. The Balaban J connectivity index is 1.93. The summed E-state index contributed by atoms with van der Waals surface area (Å²) in [6.45, 7) is 4.27. The lowest BCUT2D eigenvalue weighted by Crippen LogP contribution is -2.25. The molecular weight excluding hydrogens is 299 g/mol. The van der Waals surface area contributed by atoms with E-state index in [4.69, 9.17) is 10.4 Å². The molecule has 2 heterocycles. The average Bonchev–Trinajstić information content (AvgIpc) is 2.79. The largest absolute Gasteiger partial charge is 0.427 e. The summed E-state index contributed by atoms with van der Waals surface area (Å²) in [6.07, 6.45) is 1.37. The lowest BCUT2D eigenvalue weighted by atomic mass is 9.64. The van der Waals surface area contributed by atoms with E-state index in [1.807, 2.05) is 25.0 Å². The molecule has 0 atom stereocenters. The topological polar surface area (TPSA) is 82.3 Å². The SMILES string of the molecule is CB1OCc2ccc(CS(=O)(=O)c3ncc(N)cc3C)cc21. The van der Waals surface area contributed by atoms with Crippen molar-refractivity contribution in [2.24, 2.45) is 0 Å². The molecule has 3 rings (SSSR count). The first-order chi connectivity index (χ1) is 10.4. The molecule has 7 heteroatoms. The Labute approximate surface area is 130 Å². The highest BCUT2D eigenvalue weighted by Gasteiger charge is 2.25. The molecule has 0 fully saturated rings. The third kappa shape index (κ3) is 2.74. The summed E-state index contributed by atoms with van der Waals surface area (Å²) >= 11 is 0. The van der Waals surface area contributed by atoms with Crippen molar-refractivity contribution >= 4 is 27.9 Å². The third-order valence-corrected chi connectivity index (χ3v) is 5.57. The predicted molar refractivity (Wildman–Crippen MR) is 86.8 cm³/mol. The van der Waals surface area contributed by atoms with Crippen LogP contribution in [0.5, 0.6) is 0 Å². The van der Waals surface area contributed by atoms with Gasteiger partial charge in [0.2, 0.25) is 0 Å². The summed E-state index contributed by atoms with van der Waals surface area (Å²) in [5, 5.41) is 0.0893. The molecular formula is C15H17BN2O3S. The smallest absolute Gasteiger partial charge is 0.324 e. The highest BCUT2D eigenvalue weighted by molar-refractivity contribution is 7.90. The van der Waals surface area contributed by atoms with Crippen molar-refractivity contribution in [3.63, 3.8) is 0 Å². The van der Waals surface area contributed by atoms with Gasteiger partial charge in [0.25, 0.3) is 0 Å². The van der Waals surface area contributed by atoms with Crippen LogP contribution < -0.4 is 11.2 Å². The minimum atomic E-state index is -3.50. The van der Waals surface area contributed by atoms with Crippen molar-refractivity contribution in [1.29, 1.82) is 0 Å². The molecule has 2 aromatic rings. The molecule has 0 amide bonds. The zero-order chi connectivity index (χ0) is 15.9. The van der Waals surface area contributed by atoms with Crippen molar-refractivity contribution in [1.82, 2.24) is 4.98 Å². The Bertz CT molecular complexity index is 837. The van der Waals surface area contributed by atoms with E-state index in [9.17, 15) is 8.42 Å². The molecule has 1 aliphatic heterocycles. The van der Waals surface area contributed by atoms with Gasteiger partial charge in [0.1, 0.15) is 0 Å². The van der Waals surface area contributed by atoms with Crippen molar-refractivity contribution in [3.8, 4) is 0 Å². The quantitative estimate of drug-likeness (QED) is 0.863. The highest BCUT2D eigenvalue weighted by atomic mass is 32.2. The monoisotopic (exact) mass is 316 g/mol. The van der Waals surface area contributed by atoms with Gasteiger partial charge in [0.15, 0.2) is 14.9 Å². The van der Waals surface area contributed by atoms with E-state index >= 15 is 0 Å². The van der Waals surface area contributed by atoms with Crippen LogP contribution in [0.3, 0.4) is 0 Å². The summed E-state index contributed by atoms with van der Waals surface area (Å²) < 4.78 is 30.7. The summed E-state index contributed by atoms with van der Waals surface area (Å²) in [5.74, 6) is -0.0786. The second-order valence-electron chi connectivity index (χ2n) is 5.64. The van der Waals surface area contributed by atoms with E-state index in [1.54, 1.807) is 13.0 Å². The van der Waals surface area contributed by atoms with Gasteiger partial charge in [0, 0.05) is 0 Å². The van der Waals surface area contributed by atoms with Gasteiger partial charge < -0.3 is 10.4 Å². The number of hydrogen-bond donors (Lipinski definition) is 1. The van der Waals surface area contributed by atoms with E-state index in [2.05, 4.69) is 4.98 Å². The Kier molecular flexibility index (Phi) is 3.70. The average molecular weight is 316 g/mol. The fraction of sp³-hybridized carbons (Fsp3) is 0.267. The molecule has 22 heavy (non-hydrogen) atoms. The zero-order valence-corrected chi connectivity index (χ0v) is 13.4. The predicted octanol–water partition coefficient (Wildman–Crippen LogP) is 1.30. The molecule has 2 N–H and O–H groups in total. The second-order valence-corrected chi connectivity index (χ2v) is 7.54. The van der Waals surface area contributed by atoms with Crippen molar-refractivity contribution in [2.75, 3.05) is 5.73 Å². The van der Waals surface area contributed by atoms with Gasteiger partial charge in [-0.1, -0.05) is 25.0 Å². The van der Waals surface area contributed by atoms with Crippen LogP contribution in [0.15, 0.2) is 35.5 Å². The first kappa shape index (κ1) is 15.1. The molecule has 114 valence electrons. The number of benzene rings is 1.